The molecule has 134 valence electrons. The van der Waals surface area contributed by atoms with E-state index in [1.807, 2.05) is 12.1 Å². The number of fused-ring (bicyclic) bond motifs is 3. The van der Waals surface area contributed by atoms with Gasteiger partial charge in [-0.05, 0) is 50.2 Å². The Balaban J connectivity index is 1.81. The summed E-state index contributed by atoms with van der Waals surface area (Å²) in [7, 11) is 0. The average molecular weight is 352 g/mol. The zero-order chi connectivity index (χ0) is 18.1. The van der Waals surface area contributed by atoms with E-state index in [0.29, 0.717) is 0 Å². The van der Waals surface area contributed by atoms with Gasteiger partial charge < -0.3 is 4.90 Å². The Morgan fingerprint density at radius 1 is 1.04 bits per heavy atom. The second-order valence-corrected chi connectivity index (χ2v) is 6.72. The number of rotatable bonds is 6. The summed E-state index contributed by atoms with van der Waals surface area (Å²) in [4.78, 5) is 5.13. The largest absolute Gasteiger partial charge is 0.368 e. The van der Waals surface area contributed by atoms with Gasteiger partial charge in [0.05, 0.1) is 13.1 Å². The second-order valence-electron chi connectivity index (χ2n) is 6.72. The monoisotopic (exact) mass is 352 g/mol. The number of hydrogen-bond acceptors (Lipinski definition) is 0. The normalized spacial score (nSPS) is 11.8. The molecule has 4 rings (SSSR count). The number of benzene rings is 2. The second kappa shape index (κ2) is 6.92. The van der Waals surface area contributed by atoms with Gasteiger partial charge in [-0.15, -0.1) is 0 Å². The van der Waals surface area contributed by atoms with Gasteiger partial charge in [0.15, 0.2) is 0 Å². The quantitative estimate of drug-likeness (QED) is 0.499. The molecule has 0 aliphatic heterocycles. The van der Waals surface area contributed by atoms with Crippen molar-refractivity contribution in [3.63, 3.8) is 0 Å². The van der Waals surface area contributed by atoms with Crippen molar-refractivity contribution < 1.29 is 13.9 Å². The predicted molar refractivity (Wildman–Crippen MR) is 102 cm³/mol. The SMILES string of the molecule is CC[NH+](CC)CC[n+]1c2ccccc2n2cc(-c3ccc(F)cc3)[nH]c21. The first-order chi connectivity index (χ1) is 12.7. The molecule has 2 N–H and O–H groups in total. The van der Waals surface area contributed by atoms with Crippen molar-refractivity contribution in [3.8, 4) is 11.3 Å². The van der Waals surface area contributed by atoms with E-state index >= 15 is 0 Å². The van der Waals surface area contributed by atoms with E-state index in [-0.39, 0.29) is 5.82 Å². The number of para-hydroxylation sites is 2. The van der Waals surface area contributed by atoms with Crippen LogP contribution >= 0.6 is 0 Å². The fourth-order valence-corrected chi connectivity index (χ4v) is 3.67. The highest BCUT2D eigenvalue weighted by Gasteiger charge is 2.22. The van der Waals surface area contributed by atoms with Crippen LogP contribution in [0.1, 0.15) is 13.8 Å². The van der Waals surface area contributed by atoms with E-state index in [1.165, 1.54) is 23.2 Å². The third kappa shape index (κ3) is 2.88. The maximum absolute atomic E-state index is 13.2. The molecule has 0 aliphatic carbocycles. The molecule has 2 heterocycles. The van der Waals surface area contributed by atoms with E-state index in [9.17, 15) is 4.39 Å². The van der Waals surface area contributed by atoms with Crippen LogP contribution in [0.4, 0.5) is 4.39 Å². The van der Waals surface area contributed by atoms with Gasteiger partial charge in [-0.1, -0.05) is 12.1 Å². The molecule has 2 aromatic carbocycles. The molecule has 0 radical (unpaired) electrons. The molecule has 0 aliphatic rings. The smallest absolute Gasteiger partial charge is 0.333 e. The minimum atomic E-state index is -0.213. The number of likely N-dealkylation sites (N-methyl/N-ethyl adjacent to an activating group) is 1. The number of aromatic nitrogens is 3. The third-order valence-corrected chi connectivity index (χ3v) is 5.26. The molecule has 0 saturated carbocycles. The predicted octanol–water partition coefficient (Wildman–Crippen LogP) is 2.44. The highest BCUT2D eigenvalue weighted by atomic mass is 19.1. The van der Waals surface area contributed by atoms with Crippen LogP contribution in [0.3, 0.4) is 0 Å². The van der Waals surface area contributed by atoms with Crippen LogP contribution in [0.15, 0.2) is 54.7 Å². The van der Waals surface area contributed by atoms with Crippen molar-refractivity contribution in [2.24, 2.45) is 0 Å². The number of aromatic amines is 1. The first-order valence-corrected chi connectivity index (χ1v) is 9.32. The van der Waals surface area contributed by atoms with Gasteiger partial charge in [0.25, 0.3) is 0 Å². The summed E-state index contributed by atoms with van der Waals surface area (Å²) in [5.41, 5.74) is 4.40. The number of quaternary nitrogens is 1. The van der Waals surface area contributed by atoms with Crippen molar-refractivity contribution >= 4 is 16.8 Å². The molecule has 0 saturated heterocycles. The molecule has 0 spiro atoms. The van der Waals surface area contributed by atoms with Crippen LogP contribution in [0.25, 0.3) is 28.1 Å². The molecular weight excluding hydrogens is 327 g/mol. The van der Waals surface area contributed by atoms with Crippen LogP contribution in [-0.4, -0.2) is 29.0 Å². The van der Waals surface area contributed by atoms with Gasteiger partial charge in [0, 0.05) is 5.56 Å². The number of halogens is 1. The Bertz CT molecular complexity index is 1030. The molecular formula is C21H25FN4+2. The van der Waals surface area contributed by atoms with E-state index in [1.54, 1.807) is 4.90 Å². The standard InChI is InChI=1S/C21H23FN4/c1-3-24(4-2)13-14-25-19-7-5-6-8-20(19)26-15-18(23-21(25)26)16-9-11-17(22)12-10-16/h5-12,15H,3-4,13-14H2,1-2H3/p+2. The maximum atomic E-state index is 13.2. The molecule has 0 atom stereocenters. The van der Waals surface area contributed by atoms with Crippen molar-refractivity contribution in [2.45, 2.75) is 20.4 Å². The number of nitrogens with zero attached hydrogens (tertiary/aromatic N) is 2. The van der Waals surface area contributed by atoms with Crippen LogP contribution < -0.4 is 9.47 Å². The molecule has 0 bridgehead atoms. The summed E-state index contributed by atoms with van der Waals surface area (Å²) in [6, 6.07) is 15.1. The van der Waals surface area contributed by atoms with Gasteiger partial charge in [-0.25, -0.2) is 13.9 Å². The van der Waals surface area contributed by atoms with Gasteiger partial charge in [0.2, 0.25) is 0 Å². The van der Waals surface area contributed by atoms with Gasteiger partial charge in [-0.3, -0.25) is 0 Å². The van der Waals surface area contributed by atoms with E-state index < -0.39 is 0 Å². The van der Waals surface area contributed by atoms with E-state index in [4.69, 9.17) is 0 Å². The fraction of sp³-hybridized carbons (Fsp3) is 0.286. The molecule has 5 heteroatoms. The van der Waals surface area contributed by atoms with Crippen molar-refractivity contribution in [3.05, 3.63) is 60.5 Å². The summed E-state index contributed by atoms with van der Waals surface area (Å²) in [6.45, 7) is 8.79. The van der Waals surface area contributed by atoms with Gasteiger partial charge >= 0.3 is 5.78 Å². The number of imidazole rings is 2. The van der Waals surface area contributed by atoms with Gasteiger partial charge in [0.1, 0.15) is 41.8 Å². The lowest BCUT2D eigenvalue weighted by molar-refractivity contribution is -0.912. The van der Waals surface area contributed by atoms with E-state index in [0.717, 1.165) is 43.2 Å². The topological polar surface area (TPSA) is 28.5 Å². The summed E-state index contributed by atoms with van der Waals surface area (Å²) < 4.78 is 17.8. The molecule has 0 fully saturated rings. The number of H-pyrrole nitrogens is 1. The molecule has 4 nitrogen and oxygen atoms in total. The van der Waals surface area contributed by atoms with Crippen molar-refractivity contribution in [1.82, 2.24) is 9.38 Å². The van der Waals surface area contributed by atoms with Crippen molar-refractivity contribution in [1.29, 1.82) is 0 Å². The fourth-order valence-electron chi connectivity index (χ4n) is 3.67. The van der Waals surface area contributed by atoms with Crippen LogP contribution in [0.5, 0.6) is 0 Å². The van der Waals surface area contributed by atoms with Crippen LogP contribution in [0.2, 0.25) is 0 Å². The summed E-state index contributed by atoms with van der Waals surface area (Å²) >= 11 is 0. The minimum Gasteiger partial charge on any atom is -0.333 e. The first-order valence-electron chi connectivity index (χ1n) is 9.32. The minimum absolute atomic E-state index is 0.213. The average Bonchev–Trinajstić information content (AvgIpc) is 3.22. The van der Waals surface area contributed by atoms with Crippen molar-refractivity contribution in [2.75, 3.05) is 19.6 Å². The lowest BCUT2D eigenvalue weighted by Gasteiger charge is -2.14. The molecule has 0 amide bonds. The first kappa shape index (κ1) is 16.8. The number of nitrogens with one attached hydrogen (secondary N) is 2. The molecule has 26 heavy (non-hydrogen) atoms. The zero-order valence-corrected chi connectivity index (χ0v) is 15.3. The van der Waals surface area contributed by atoms with Gasteiger partial charge in [-0.2, -0.15) is 4.40 Å². The summed E-state index contributed by atoms with van der Waals surface area (Å²) in [5, 5.41) is 0. The molecule has 2 aromatic heterocycles. The third-order valence-electron chi connectivity index (χ3n) is 5.26. The Morgan fingerprint density at radius 3 is 2.50 bits per heavy atom. The zero-order valence-electron chi connectivity index (χ0n) is 15.3. The summed E-state index contributed by atoms with van der Waals surface area (Å²) in [6.07, 6.45) is 2.10. The van der Waals surface area contributed by atoms with Crippen LogP contribution in [-0.2, 0) is 6.54 Å². The lowest BCUT2D eigenvalue weighted by atomic mass is 10.2. The maximum Gasteiger partial charge on any atom is 0.368 e. The number of hydrogen-bond donors (Lipinski definition) is 2. The summed E-state index contributed by atoms with van der Waals surface area (Å²) in [5.74, 6) is 0.853. The lowest BCUT2D eigenvalue weighted by Crippen LogP contribution is -3.12. The molecule has 0 unspecified atom stereocenters. The van der Waals surface area contributed by atoms with E-state index in [2.05, 4.69) is 58.3 Å². The Labute approximate surface area is 152 Å². The highest BCUT2D eigenvalue weighted by Crippen LogP contribution is 2.22. The Hall–Kier alpha value is -2.66. The van der Waals surface area contributed by atoms with Crippen LogP contribution in [0, 0.1) is 5.82 Å². The Morgan fingerprint density at radius 2 is 1.77 bits per heavy atom. The highest BCUT2D eigenvalue weighted by molar-refractivity contribution is 5.76. The Kier molecular flexibility index (Phi) is 4.47. The molecule has 4 aromatic rings.